The largest absolute Gasteiger partial charge is 0.493 e. The van der Waals surface area contributed by atoms with Gasteiger partial charge in [0.1, 0.15) is 0 Å². The average molecular weight is 247 g/mol. The number of benzene rings is 1. The van der Waals surface area contributed by atoms with Crippen molar-refractivity contribution in [2.24, 2.45) is 0 Å². The van der Waals surface area contributed by atoms with Gasteiger partial charge < -0.3 is 14.2 Å². The van der Waals surface area contributed by atoms with Gasteiger partial charge in [-0.25, -0.2) is 0 Å². The zero-order chi connectivity index (χ0) is 13.1. The van der Waals surface area contributed by atoms with Crippen molar-refractivity contribution in [1.82, 2.24) is 0 Å². The Hall–Kier alpha value is -1.89. The monoisotopic (exact) mass is 247 g/mol. The summed E-state index contributed by atoms with van der Waals surface area (Å²) >= 11 is 0. The van der Waals surface area contributed by atoms with Gasteiger partial charge in [-0.15, -0.1) is 0 Å². The van der Waals surface area contributed by atoms with Crippen LogP contribution < -0.4 is 14.2 Å². The minimum atomic E-state index is -0.0811. The molecule has 0 saturated heterocycles. The fourth-order valence-corrected chi connectivity index (χ4v) is 2.58. The van der Waals surface area contributed by atoms with Gasteiger partial charge in [-0.1, -0.05) is 0 Å². The van der Waals surface area contributed by atoms with Crippen molar-refractivity contribution in [3.05, 3.63) is 17.2 Å². The first-order valence-corrected chi connectivity index (χ1v) is 5.98. The third-order valence-corrected chi connectivity index (χ3v) is 3.42. The highest BCUT2D eigenvalue weighted by Crippen LogP contribution is 2.47. The van der Waals surface area contributed by atoms with Crippen LogP contribution in [0.2, 0.25) is 0 Å². The summed E-state index contributed by atoms with van der Waals surface area (Å²) in [5.74, 6) is 1.85. The lowest BCUT2D eigenvalue weighted by Gasteiger charge is -2.25. The minimum Gasteiger partial charge on any atom is -0.493 e. The highest BCUT2D eigenvalue weighted by Gasteiger charge is 2.27. The van der Waals surface area contributed by atoms with Gasteiger partial charge >= 0.3 is 0 Å². The normalized spacial score (nSPS) is 17.6. The Morgan fingerprint density at radius 3 is 2.44 bits per heavy atom. The number of fused-ring (bicyclic) bond motifs is 1. The molecule has 0 aromatic heterocycles. The van der Waals surface area contributed by atoms with Gasteiger partial charge in [0.25, 0.3) is 0 Å². The standard InChI is InChI=1S/C14H17NO3/c1-16-12-7-11-9(8-15)5-4-6-10(11)13(17-2)14(12)18-3/h7,9H,4-6H2,1-3H3. The van der Waals surface area contributed by atoms with Crippen molar-refractivity contribution < 1.29 is 14.2 Å². The minimum absolute atomic E-state index is 0.0811. The molecule has 4 nitrogen and oxygen atoms in total. The van der Waals surface area contributed by atoms with E-state index in [1.165, 1.54) is 0 Å². The fraction of sp³-hybridized carbons (Fsp3) is 0.500. The van der Waals surface area contributed by atoms with Gasteiger partial charge in [-0.3, -0.25) is 0 Å². The summed E-state index contributed by atoms with van der Waals surface area (Å²) in [6.07, 6.45) is 2.80. The molecule has 1 aromatic carbocycles. The molecule has 0 aliphatic heterocycles. The molecule has 18 heavy (non-hydrogen) atoms. The van der Waals surface area contributed by atoms with Crippen LogP contribution in [0.25, 0.3) is 0 Å². The molecule has 0 heterocycles. The Bertz CT molecular complexity index is 491. The van der Waals surface area contributed by atoms with Crippen molar-refractivity contribution in [3.63, 3.8) is 0 Å². The molecule has 1 aliphatic carbocycles. The molecule has 0 N–H and O–H groups in total. The van der Waals surface area contributed by atoms with Gasteiger partial charge in [-0.05, 0) is 30.9 Å². The van der Waals surface area contributed by atoms with Gasteiger partial charge in [0.05, 0.1) is 33.3 Å². The maximum Gasteiger partial charge on any atom is 0.203 e. The van der Waals surface area contributed by atoms with E-state index in [1.54, 1.807) is 21.3 Å². The van der Waals surface area contributed by atoms with E-state index in [2.05, 4.69) is 6.07 Å². The summed E-state index contributed by atoms with van der Waals surface area (Å²) in [4.78, 5) is 0. The molecule has 1 atom stereocenters. The zero-order valence-electron chi connectivity index (χ0n) is 10.9. The molecule has 0 fully saturated rings. The summed E-state index contributed by atoms with van der Waals surface area (Å²) in [5.41, 5.74) is 2.09. The van der Waals surface area contributed by atoms with Gasteiger partial charge in [0, 0.05) is 5.56 Å². The summed E-state index contributed by atoms with van der Waals surface area (Å²) in [6.45, 7) is 0. The fourth-order valence-electron chi connectivity index (χ4n) is 2.58. The third-order valence-electron chi connectivity index (χ3n) is 3.42. The van der Waals surface area contributed by atoms with Crippen molar-refractivity contribution >= 4 is 0 Å². The molecular formula is C14H17NO3. The van der Waals surface area contributed by atoms with E-state index < -0.39 is 0 Å². The molecular weight excluding hydrogens is 230 g/mol. The molecule has 2 rings (SSSR count). The van der Waals surface area contributed by atoms with Gasteiger partial charge in [-0.2, -0.15) is 5.26 Å². The summed E-state index contributed by atoms with van der Waals surface area (Å²) < 4.78 is 16.1. The highest BCUT2D eigenvalue weighted by atomic mass is 16.5. The van der Waals surface area contributed by atoms with Crippen molar-refractivity contribution in [3.8, 4) is 23.3 Å². The second-order valence-corrected chi connectivity index (χ2v) is 4.29. The molecule has 0 spiro atoms. The maximum atomic E-state index is 9.23. The lowest BCUT2D eigenvalue weighted by Crippen LogP contribution is -2.11. The Kier molecular flexibility index (Phi) is 3.61. The Morgan fingerprint density at radius 2 is 1.89 bits per heavy atom. The smallest absolute Gasteiger partial charge is 0.203 e. The first-order chi connectivity index (χ1) is 8.76. The van der Waals surface area contributed by atoms with Crippen molar-refractivity contribution in [2.75, 3.05) is 21.3 Å². The van der Waals surface area contributed by atoms with Gasteiger partial charge in [0.15, 0.2) is 11.5 Å². The van der Waals surface area contributed by atoms with Crippen LogP contribution >= 0.6 is 0 Å². The number of nitriles is 1. The van der Waals surface area contributed by atoms with Crippen LogP contribution in [-0.2, 0) is 6.42 Å². The predicted molar refractivity (Wildman–Crippen MR) is 67.4 cm³/mol. The Labute approximate surface area is 107 Å². The van der Waals surface area contributed by atoms with E-state index in [1.807, 2.05) is 6.07 Å². The molecule has 0 amide bonds. The predicted octanol–water partition coefficient (Wildman–Crippen LogP) is 2.66. The number of hydrogen-bond acceptors (Lipinski definition) is 4. The van der Waals surface area contributed by atoms with Crippen LogP contribution in [0.15, 0.2) is 6.07 Å². The van der Waals surface area contributed by atoms with Crippen LogP contribution in [0.1, 0.15) is 29.9 Å². The number of rotatable bonds is 3. The van der Waals surface area contributed by atoms with E-state index in [0.29, 0.717) is 17.2 Å². The van der Waals surface area contributed by atoms with Crippen LogP contribution in [0.5, 0.6) is 17.2 Å². The van der Waals surface area contributed by atoms with Crippen molar-refractivity contribution in [2.45, 2.75) is 25.2 Å². The number of methoxy groups -OCH3 is 3. The SMILES string of the molecule is COc1cc2c(c(OC)c1OC)CCCC2C#N. The molecule has 96 valence electrons. The molecule has 1 aromatic rings. The van der Waals surface area contributed by atoms with Crippen LogP contribution in [0.3, 0.4) is 0 Å². The molecule has 0 bridgehead atoms. The quantitative estimate of drug-likeness (QED) is 0.824. The number of ether oxygens (including phenoxy) is 3. The first-order valence-electron chi connectivity index (χ1n) is 5.98. The van der Waals surface area contributed by atoms with E-state index in [4.69, 9.17) is 14.2 Å². The summed E-state index contributed by atoms with van der Waals surface area (Å²) in [6, 6.07) is 4.25. The lowest BCUT2D eigenvalue weighted by molar-refractivity contribution is 0.319. The highest BCUT2D eigenvalue weighted by molar-refractivity contribution is 5.61. The zero-order valence-corrected chi connectivity index (χ0v) is 10.9. The maximum absolute atomic E-state index is 9.23. The van der Waals surface area contributed by atoms with Crippen LogP contribution in [0, 0.1) is 11.3 Å². The first kappa shape index (κ1) is 12.6. The van der Waals surface area contributed by atoms with Crippen molar-refractivity contribution in [1.29, 1.82) is 5.26 Å². The lowest BCUT2D eigenvalue weighted by atomic mass is 9.82. The van der Waals surface area contributed by atoms with E-state index >= 15 is 0 Å². The molecule has 1 aliphatic rings. The molecule has 0 saturated carbocycles. The van der Waals surface area contributed by atoms with Crippen LogP contribution in [-0.4, -0.2) is 21.3 Å². The number of nitrogens with zero attached hydrogens (tertiary/aromatic N) is 1. The Balaban J connectivity index is 2.67. The topological polar surface area (TPSA) is 51.5 Å². The molecule has 0 radical (unpaired) electrons. The summed E-state index contributed by atoms with van der Waals surface area (Å²) in [7, 11) is 4.80. The van der Waals surface area contributed by atoms with Gasteiger partial charge in [0.2, 0.25) is 5.75 Å². The van der Waals surface area contributed by atoms with E-state index in [0.717, 1.165) is 30.4 Å². The summed E-state index contributed by atoms with van der Waals surface area (Å²) in [5, 5.41) is 9.23. The van der Waals surface area contributed by atoms with Crippen LogP contribution in [0.4, 0.5) is 0 Å². The second-order valence-electron chi connectivity index (χ2n) is 4.29. The number of hydrogen-bond donors (Lipinski definition) is 0. The molecule has 1 unspecified atom stereocenters. The average Bonchev–Trinajstić information content (AvgIpc) is 2.44. The second kappa shape index (κ2) is 5.18. The van der Waals surface area contributed by atoms with E-state index in [9.17, 15) is 5.26 Å². The third kappa shape index (κ3) is 1.86. The molecule has 4 heteroatoms. The van der Waals surface area contributed by atoms with E-state index in [-0.39, 0.29) is 5.92 Å². The Morgan fingerprint density at radius 1 is 1.17 bits per heavy atom.